The largest absolute Gasteiger partial charge is 0.423 e. The fourth-order valence-corrected chi connectivity index (χ4v) is 5.32. The molecule has 6 rings (SSSR count). The van der Waals surface area contributed by atoms with E-state index in [4.69, 9.17) is 13.8 Å². The van der Waals surface area contributed by atoms with Crippen molar-refractivity contribution in [3.05, 3.63) is 121 Å². The van der Waals surface area contributed by atoms with Gasteiger partial charge in [-0.15, -0.1) is 0 Å². The van der Waals surface area contributed by atoms with Gasteiger partial charge in [0.1, 0.15) is 11.2 Å². The monoisotopic (exact) mass is 520 g/mol. The molecule has 1 amide bonds. The van der Waals surface area contributed by atoms with Crippen LogP contribution in [0.3, 0.4) is 0 Å². The van der Waals surface area contributed by atoms with Gasteiger partial charge in [-0.05, 0) is 84.8 Å². The first-order valence-electron chi connectivity index (χ1n) is 11.8. The lowest BCUT2D eigenvalue weighted by atomic mass is 10.1. The second-order valence-electron chi connectivity index (χ2n) is 8.92. The second-order valence-corrected chi connectivity index (χ2v) is 9.93. The van der Waals surface area contributed by atoms with E-state index in [1.165, 1.54) is 23.9 Å². The summed E-state index contributed by atoms with van der Waals surface area (Å²) in [5.41, 5.74) is 3.81. The molecule has 0 aliphatic carbocycles. The average Bonchev–Trinajstić information content (AvgIpc) is 3.19. The van der Waals surface area contributed by atoms with Crippen LogP contribution < -0.4 is 16.2 Å². The van der Waals surface area contributed by atoms with Gasteiger partial charge in [0.05, 0.1) is 16.3 Å². The van der Waals surface area contributed by atoms with Crippen molar-refractivity contribution >= 4 is 62.2 Å². The molecule has 0 bridgehead atoms. The lowest BCUT2D eigenvalue weighted by molar-refractivity contribution is -0.113. The molecular weight excluding hydrogens is 500 g/mol. The minimum atomic E-state index is -0.435. The van der Waals surface area contributed by atoms with E-state index < -0.39 is 11.3 Å². The summed E-state index contributed by atoms with van der Waals surface area (Å²) >= 11 is 1.29. The molecule has 0 N–H and O–H groups in total. The van der Waals surface area contributed by atoms with E-state index in [0.717, 1.165) is 22.1 Å². The van der Waals surface area contributed by atoms with Gasteiger partial charge in [-0.2, -0.15) is 0 Å². The molecule has 3 aromatic carbocycles. The predicted molar refractivity (Wildman–Crippen MR) is 151 cm³/mol. The summed E-state index contributed by atoms with van der Waals surface area (Å²) in [4.78, 5) is 44.2. The van der Waals surface area contributed by atoms with Crippen LogP contribution in [0.4, 0.5) is 11.4 Å². The minimum Gasteiger partial charge on any atom is -0.423 e. The number of amides is 1. The number of hydrogen-bond donors (Lipinski definition) is 0. The lowest BCUT2D eigenvalue weighted by Crippen LogP contribution is -2.29. The molecule has 8 heteroatoms. The van der Waals surface area contributed by atoms with Crippen molar-refractivity contribution < 1.29 is 13.6 Å². The third-order valence-corrected chi connectivity index (χ3v) is 7.21. The third-order valence-electron chi connectivity index (χ3n) is 6.24. The number of benzene rings is 3. The maximum absolute atomic E-state index is 13.8. The van der Waals surface area contributed by atoms with Crippen LogP contribution in [-0.4, -0.2) is 11.1 Å². The fourth-order valence-electron chi connectivity index (χ4n) is 4.34. The lowest BCUT2D eigenvalue weighted by Gasteiger charge is -2.19. The molecule has 38 heavy (non-hydrogen) atoms. The Labute approximate surface area is 220 Å². The molecule has 5 aromatic rings. The first-order valence-corrected chi connectivity index (χ1v) is 12.6. The zero-order chi connectivity index (χ0) is 26.4. The smallest absolute Gasteiger partial charge is 0.336 e. The highest BCUT2D eigenvalue weighted by atomic mass is 32.2. The van der Waals surface area contributed by atoms with Crippen LogP contribution in [-0.2, 0) is 4.79 Å². The highest BCUT2D eigenvalue weighted by Crippen LogP contribution is 2.40. The first kappa shape index (κ1) is 23.7. The van der Waals surface area contributed by atoms with Gasteiger partial charge >= 0.3 is 11.3 Å². The summed E-state index contributed by atoms with van der Waals surface area (Å²) in [5, 5.41) is 1.91. The molecule has 1 saturated heterocycles. The van der Waals surface area contributed by atoms with E-state index in [-0.39, 0.29) is 5.91 Å². The molecular formula is C30H20N2O5S. The quantitative estimate of drug-likeness (QED) is 0.204. The van der Waals surface area contributed by atoms with Crippen molar-refractivity contribution in [2.45, 2.75) is 13.8 Å². The standard InChI is InChI=1S/C30H20N2O5S/c1-17-12-24-20(8-10-27(33)36-24)15-22(17)31-30-32(29(35)26(38-30)14-19-6-4-3-5-7-19)23-16-21-9-11-28(34)37-25(21)13-18(23)2/h3-16H,1-2H3/b26-14-,31-30?. The topological polar surface area (TPSA) is 93.1 Å². The number of hydrogen-bond acceptors (Lipinski definition) is 7. The fraction of sp³-hybridized carbons (Fsp3) is 0.0667. The Balaban J connectivity index is 1.53. The summed E-state index contributed by atoms with van der Waals surface area (Å²) in [6, 6.07) is 22.9. The molecule has 1 aliphatic heterocycles. The normalized spacial score (nSPS) is 15.8. The highest BCUT2D eigenvalue weighted by molar-refractivity contribution is 8.19. The Bertz CT molecular complexity index is 1940. The summed E-state index contributed by atoms with van der Waals surface area (Å²) in [6.07, 6.45) is 1.85. The van der Waals surface area contributed by atoms with Crippen LogP contribution in [0, 0.1) is 13.8 Å². The summed E-state index contributed by atoms with van der Waals surface area (Å²) < 4.78 is 10.6. The number of carbonyl (C=O) groups excluding carboxylic acids is 1. The molecule has 3 heterocycles. The van der Waals surface area contributed by atoms with Crippen molar-refractivity contribution in [1.82, 2.24) is 0 Å². The molecule has 0 atom stereocenters. The predicted octanol–water partition coefficient (Wildman–Crippen LogP) is 6.32. The Hall–Kier alpha value is -4.69. The van der Waals surface area contributed by atoms with Gasteiger partial charge in [0.25, 0.3) is 5.91 Å². The molecule has 0 radical (unpaired) electrons. The van der Waals surface area contributed by atoms with Crippen molar-refractivity contribution in [2.75, 3.05) is 4.90 Å². The van der Waals surface area contributed by atoms with E-state index in [1.807, 2.05) is 62.4 Å². The Morgan fingerprint density at radius 3 is 2.08 bits per heavy atom. The van der Waals surface area contributed by atoms with Gasteiger partial charge < -0.3 is 8.83 Å². The average molecular weight is 521 g/mol. The van der Waals surface area contributed by atoms with E-state index in [1.54, 1.807) is 29.2 Å². The van der Waals surface area contributed by atoms with Crippen molar-refractivity contribution in [2.24, 2.45) is 4.99 Å². The number of carbonyl (C=O) groups is 1. The number of rotatable bonds is 3. The van der Waals surface area contributed by atoms with Crippen LogP contribution in [0.15, 0.2) is 107 Å². The molecule has 2 aromatic heterocycles. The van der Waals surface area contributed by atoms with Gasteiger partial charge in [-0.3, -0.25) is 9.69 Å². The van der Waals surface area contributed by atoms with E-state index >= 15 is 0 Å². The summed E-state index contributed by atoms with van der Waals surface area (Å²) in [6.45, 7) is 3.74. The Kier molecular flexibility index (Phi) is 5.81. The molecule has 0 unspecified atom stereocenters. The van der Waals surface area contributed by atoms with Gasteiger partial charge in [0.2, 0.25) is 0 Å². The van der Waals surface area contributed by atoms with Crippen LogP contribution in [0.2, 0.25) is 0 Å². The Morgan fingerprint density at radius 1 is 0.763 bits per heavy atom. The number of amidine groups is 1. The zero-order valence-corrected chi connectivity index (χ0v) is 21.2. The maximum Gasteiger partial charge on any atom is 0.336 e. The maximum atomic E-state index is 13.8. The molecule has 186 valence electrons. The molecule has 1 fully saturated rings. The van der Waals surface area contributed by atoms with E-state index in [9.17, 15) is 14.4 Å². The first-order chi connectivity index (χ1) is 18.4. The second kappa shape index (κ2) is 9.32. The zero-order valence-electron chi connectivity index (χ0n) is 20.4. The molecule has 1 aliphatic rings. The Morgan fingerprint density at radius 2 is 1.39 bits per heavy atom. The minimum absolute atomic E-state index is 0.207. The van der Waals surface area contributed by atoms with Gasteiger partial charge in [-0.1, -0.05) is 30.3 Å². The van der Waals surface area contributed by atoms with Crippen LogP contribution in [0.5, 0.6) is 0 Å². The number of anilines is 1. The third kappa shape index (κ3) is 4.35. The van der Waals surface area contributed by atoms with Gasteiger partial charge in [0.15, 0.2) is 5.17 Å². The summed E-state index contributed by atoms with van der Waals surface area (Å²) in [5.74, 6) is -0.207. The van der Waals surface area contributed by atoms with Crippen molar-refractivity contribution in [3.8, 4) is 0 Å². The van der Waals surface area contributed by atoms with E-state index in [2.05, 4.69) is 0 Å². The number of nitrogens with zero attached hydrogens (tertiary/aromatic N) is 2. The van der Waals surface area contributed by atoms with E-state index in [0.29, 0.717) is 38.0 Å². The SMILES string of the molecule is Cc1cc2oc(=O)ccc2cc1N=C1S/C(=C\c2ccccc2)C(=O)N1c1cc2ccc(=O)oc2cc1C. The van der Waals surface area contributed by atoms with Crippen LogP contribution in [0.25, 0.3) is 28.0 Å². The number of aliphatic imine (C=N–C) groups is 1. The number of aryl methyl sites for hydroxylation is 2. The molecule has 0 saturated carbocycles. The summed E-state index contributed by atoms with van der Waals surface area (Å²) in [7, 11) is 0. The van der Waals surface area contributed by atoms with Crippen LogP contribution in [0.1, 0.15) is 16.7 Å². The van der Waals surface area contributed by atoms with Crippen molar-refractivity contribution in [3.63, 3.8) is 0 Å². The molecule has 0 spiro atoms. The van der Waals surface area contributed by atoms with Crippen molar-refractivity contribution in [1.29, 1.82) is 0 Å². The molecule has 7 nitrogen and oxygen atoms in total. The highest BCUT2D eigenvalue weighted by Gasteiger charge is 2.36. The van der Waals surface area contributed by atoms with Gasteiger partial charge in [0, 0.05) is 22.9 Å². The number of fused-ring (bicyclic) bond motifs is 2. The number of thioether (sulfide) groups is 1. The van der Waals surface area contributed by atoms with Gasteiger partial charge in [-0.25, -0.2) is 14.6 Å². The van der Waals surface area contributed by atoms with Crippen LogP contribution >= 0.6 is 11.8 Å².